The molecule has 1 saturated heterocycles. The van der Waals surface area contributed by atoms with Crippen LogP contribution in [0.25, 0.3) is 0 Å². The third-order valence-electron chi connectivity index (χ3n) is 5.55. The predicted octanol–water partition coefficient (Wildman–Crippen LogP) is 3.83. The summed E-state index contributed by atoms with van der Waals surface area (Å²) in [4.78, 5) is 2.52. The van der Waals surface area contributed by atoms with E-state index >= 15 is 0 Å². The van der Waals surface area contributed by atoms with Crippen molar-refractivity contribution in [3.8, 4) is 0 Å². The highest BCUT2D eigenvalue weighted by Gasteiger charge is 2.35. The first kappa shape index (κ1) is 13.9. The molecule has 2 aliphatic rings. The van der Waals surface area contributed by atoms with Gasteiger partial charge in [-0.05, 0) is 49.7 Å². The quantitative estimate of drug-likeness (QED) is 0.876. The molecule has 2 fully saturated rings. The Kier molecular flexibility index (Phi) is 4.30. The topological polar surface area (TPSA) is 15.3 Å². The van der Waals surface area contributed by atoms with Crippen molar-refractivity contribution in [2.45, 2.75) is 51.5 Å². The van der Waals surface area contributed by atoms with Crippen LogP contribution in [0.4, 0.5) is 5.69 Å². The van der Waals surface area contributed by atoms with Crippen LogP contribution >= 0.6 is 0 Å². The zero-order valence-corrected chi connectivity index (χ0v) is 12.8. The fourth-order valence-corrected chi connectivity index (χ4v) is 3.67. The first-order valence-corrected chi connectivity index (χ1v) is 8.35. The van der Waals surface area contributed by atoms with Gasteiger partial charge in [0.2, 0.25) is 0 Å². The van der Waals surface area contributed by atoms with Gasteiger partial charge in [-0.25, -0.2) is 0 Å². The number of rotatable bonds is 5. The van der Waals surface area contributed by atoms with Crippen molar-refractivity contribution in [2.24, 2.45) is 5.41 Å². The third kappa shape index (κ3) is 3.01. The second-order valence-corrected chi connectivity index (χ2v) is 6.68. The maximum Gasteiger partial charge on any atom is 0.0366 e. The summed E-state index contributed by atoms with van der Waals surface area (Å²) in [5.74, 6) is 0. The molecular weight excluding hydrogens is 244 g/mol. The Bertz CT molecular complexity index is 397. The van der Waals surface area contributed by atoms with E-state index < -0.39 is 0 Å². The molecule has 0 bridgehead atoms. The van der Waals surface area contributed by atoms with E-state index in [9.17, 15) is 0 Å². The van der Waals surface area contributed by atoms with Crippen molar-refractivity contribution in [3.05, 3.63) is 30.3 Å². The highest BCUT2D eigenvalue weighted by atomic mass is 15.1. The maximum atomic E-state index is 3.86. The minimum atomic E-state index is 0.649. The number of piperidine rings is 1. The summed E-state index contributed by atoms with van der Waals surface area (Å²) in [5.41, 5.74) is 2.03. The molecule has 1 aliphatic heterocycles. The summed E-state index contributed by atoms with van der Waals surface area (Å²) in [6.45, 7) is 6.00. The van der Waals surface area contributed by atoms with Crippen molar-refractivity contribution >= 4 is 5.69 Å². The summed E-state index contributed by atoms with van der Waals surface area (Å²) in [6.07, 6.45) is 8.26. The fraction of sp³-hybridized carbons (Fsp3) is 0.667. The second-order valence-electron chi connectivity index (χ2n) is 6.68. The van der Waals surface area contributed by atoms with Crippen LogP contribution in [-0.2, 0) is 0 Å². The van der Waals surface area contributed by atoms with Gasteiger partial charge in [0.25, 0.3) is 0 Å². The van der Waals surface area contributed by atoms with Crippen molar-refractivity contribution in [2.75, 3.05) is 24.5 Å². The summed E-state index contributed by atoms with van der Waals surface area (Å²) in [6, 6.07) is 11.6. The van der Waals surface area contributed by atoms with Gasteiger partial charge in [0, 0.05) is 31.4 Å². The molecule has 20 heavy (non-hydrogen) atoms. The number of hydrogen-bond acceptors (Lipinski definition) is 2. The van der Waals surface area contributed by atoms with Crippen LogP contribution in [0.2, 0.25) is 0 Å². The number of nitrogens with zero attached hydrogens (tertiary/aromatic N) is 1. The van der Waals surface area contributed by atoms with E-state index in [0.29, 0.717) is 5.41 Å². The van der Waals surface area contributed by atoms with Crippen LogP contribution in [0.3, 0.4) is 0 Å². The molecule has 1 aromatic carbocycles. The Morgan fingerprint density at radius 3 is 2.40 bits per heavy atom. The van der Waals surface area contributed by atoms with Gasteiger partial charge in [-0.15, -0.1) is 0 Å². The Labute approximate surface area is 123 Å². The molecule has 1 aromatic rings. The summed E-state index contributed by atoms with van der Waals surface area (Å²) in [7, 11) is 0. The SMILES string of the molecule is CCC1(CNC2CCN(c3ccccc3)CC2)CCC1. The molecule has 2 nitrogen and oxygen atoms in total. The van der Waals surface area contributed by atoms with Crippen LogP contribution in [0.15, 0.2) is 30.3 Å². The average Bonchev–Trinajstić information content (AvgIpc) is 2.48. The third-order valence-corrected chi connectivity index (χ3v) is 5.55. The molecule has 1 aliphatic carbocycles. The molecule has 3 rings (SSSR count). The smallest absolute Gasteiger partial charge is 0.0366 e. The summed E-state index contributed by atoms with van der Waals surface area (Å²) < 4.78 is 0. The first-order valence-electron chi connectivity index (χ1n) is 8.35. The van der Waals surface area contributed by atoms with Gasteiger partial charge in [-0.1, -0.05) is 31.5 Å². The van der Waals surface area contributed by atoms with Crippen LogP contribution in [0.5, 0.6) is 0 Å². The highest BCUT2D eigenvalue weighted by Crippen LogP contribution is 2.43. The van der Waals surface area contributed by atoms with E-state index in [1.54, 1.807) is 0 Å². The number of anilines is 1. The highest BCUT2D eigenvalue weighted by molar-refractivity contribution is 5.46. The van der Waals surface area contributed by atoms with Crippen molar-refractivity contribution in [1.29, 1.82) is 0 Å². The van der Waals surface area contributed by atoms with Crippen LogP contribution in [0, 0.1) is 5.41 Å². The molecule has 0 amide bonds. The van der Waals surface area contributed by atoms with Crippen molar-refractivity contribution in [3.63, 3.8) is 0 Å². The van der Waals surface area contributed by atoms with Gasteiger partial charge in [0.05, 0.1) is 0 Å². The van der Waals surface area contributed by atoms with E-state index in [1.165, 1.54) is 63.8 Å². The second kappa shape index (κ2) is 6.17. The van der Waals surface area contributed by atoms with Crippen LogP contribution in [0.1, 0.15) is 45.4 Å². The summed E-state index contributed by atoms with van der Waals surface area (Å²) >= 11 is 0. The van der Waals surface area contributed by atoms with Crippen LogP contribution in [-0.4, -0.2) is 25.7 Å². The van der Waals surface area contributed by atoms with Gasteiger partial charge in [0.15, 0.2) is 0 Å². The number of para-hydroxylation sites is 1. The Hall–Kier alpha value is -1.02. The lowest BCUT2D eigenvalue weighted by molar-refractivity contribution is 0.117. The molecule has 0 atom stereocenters. The molecule has 0 spiro atoms. The molecule has 1 heterocycles. The van der Waals surface area contributed by atoms with Gasteiger partial charge in [-0.3, -0.25) is 0 Å². The minimum absolute atomic E-state index is 0.649. The molecule has 1 saturated carbocycles. The van der Waals surface area contributed by atoms with Crippen molar-refractivity contribution < 1.29 is 0 Å². The largest absolute Gasteiger partial charge is 0.371 e. The zero-order chi connectivity index (χ0) is 13.8. The number of benzene rings is 1. The number of hydrogen-bond donors (Lipinski definition) is 1. The van der Waals surface area contributed by atoms with Gasteiger partial charge in [0.1, 0.15) is 0 Å². The standard InChI is InChI=1S/C18H28N2/c1-2-18(11-6-12-18)15-19-16-9-13-20(14-10-16)17-7-4-3-5-8-17/h3-5,7-8,16,19H,2,6,9-15H2,1H3. The zero-order valence-electron chi connectivity index (χ0n) is 12.8. The molecular formula is C18H28N2. The van der Waals surface area contributed by atoms with Gasteiger partial charge < -0.3 is 10.2 Å². The predicted molar refractivity (Wildman–Crippen MR) is 86.3 cm³/mol. The molecule has 110 valence electrons. The summed E-state index contributed by atoms with van der Waals surface area (Å²) in [5, 5.41) is 3.86. The van der Waals surface area contributed by atoms with E-state index in [1.807, 2.05) is 0 Å². The molecule has 0 unspecified atom stereocenters. The van der Waals surface area contributed by atoms with Crippen LogP contribution < -0.4 is 10.2 Å². The van der Waals surface area contributed by atoms with Gasteiger partial charge >= 0.3 is 0 Å². The lowest BCUT2D eigenvalue weighted by Gasteiger charge is -2.43. The molecule has 0 aromatic heterocycles. The molecule has 1 N–H and O–H groups in total. The monoisotopic (exact) mass is 272 g/mol. The van der Waals surface area contributed by atoms with E-state index in [4.69, 9.17) is 0 Å². The fourth-order valence-electron chi connectivity index (χ4n) is 3.67. The van der Waals surface area contributed by atoms with Gasteiger partial charge in [-0.2, -0.15) is 0 Å². The van der Waals surface area contributed by atoms with E-state index in [2.05, 4.69) is 47.5 Å². The number of nitrogens with one attached hydrogen (secondary N) is 1. The molecule has 2 heteroatoms. The normalized spacial score (nSPS) is 22.6. The Balaban J connectivity index is 1.44. The van der Waals surface area contributed by atoms with E-state index in [0.717, 1.165) is 6.04 Å². The minimum Gasteiger partial charge on any atom is -0.371 e. The Morgan fingerprint density at radius 1 is 1.15 bits per heavy atom. The lowest BCUT2D eigenvalue weighted by atomic mass is 9.67. The molecule has 0 radical (unpaired) electrons. The van der Waals surface area contributed by atoms with Crippen molar-refractivity contribution in [1.82, 2.24) is 5.32 Å². The first-order chi connectivity index (χ1) is 9.81. The van der Waals surface area contributed by atoms with E-state index in [-0.39, 0.29) is 0 Å². The average molecular weight is 272 g/mol. The lowest BCUT2D eigenvalue weighted by Crippen LogP contribution is -2.47. The maximum absolute atomic E-state index is 3.86. The Morgan fingerprint density at radius 2 is 1.85 bits per heavy atom.